The van der Waals surface area contributed by atoms with E-state index < -0.39 is 6.03 Å². The highest BCUT2D eigenvalue weighted by molar-refractivity contribution is 6.42. The second-order valence-corrected chi connectivity index (χ2v) is 8.18. The second kappa shape index (κ2) is 9.20. The van der Waals surface area contributed by atoms with Crippen molar-refractivity contribution in [3.63, 3.8) is 0 Å². The van der Waals surface area contributed by atoms with Gasteiger partial charge in [-0.25, -0.2) is 9.48 Å². The number of hydrogen-bond acceptors (Lipinski definition) is 2. The summed E-state index contributed by atoms with van der Waals surface area (Å²) in [6.07, 6.45) is 1.83. The maximum Gasteiger partial charge on any atom is 0.323 e. The van der Waals surface area contributed by atoms with Crippen LogP contribution in [0.3, 0.4) is 0 Å². The van der Waals surface area contributed by atoms with Crippen LogP contribution < -0.4 is 10.6 Å². The lowest BCUT2D eigenvalue weighted by atomic mass is 10.1. The first kappa shape index (κ1) is 21.5. The van der Waals surface area contributed by atoms with Crippen molar-refractivity contribution in [1.82, 2.24) is 9.78 Å². The quantitative estimate of drug-likeness (QED) is 0.306. The molecule has 0 saturated carbocycles. The molecule has 1 heterocycles. The van der Waals surface area contributed by atoms with Crippen LogP contribution in [0.1, 0.15) is 0 Å². The predicted octanol–water partition coefficient (Wildman–Crippen LogP) is 7.80. The molecule has 0 radical (unpaired) electrons. The molecule has 0 aliphatic rings. The van der Waals surface area contributed by atoms with E-state index in [2.05, 4.69) is 15.7 Å². The molecule has 0 aliphatic heterocycles. The second-order valence-electron chi connectivity index (χ2n) is 6.52. The van der Waals surface area contributed by atoms with Gasteiger partial charge in [-0.1, -0.05) is 46.4 Å². The van der Waals surface area contributed by atoms with Gasteiger partial charge in [0.25, 0.3) is 0 Å². The standard InChI is InChI=1S/C22H14Cl4N4O/c23-13-1-7-17(19(25)11-13)21-9-10-30(29-21)16-5-2-14(3-6-16)27-22(31)28-15-4-8-18(24)20(26)12-15/h1-12H,(H2,27,28,31). The van der Waals surface area contributed by atoms with E-state index in [0.29, 0.717) is 31.5 Å². The van der Waals surface area contributed by atoms with Gasteiger partial charge in [-0.3, -0.25) is 0 Å². The Bertz CT molecular complexity index is 1250. The fourth-order valence-corrected chi connectivity index (χ4v) is 3.68. The zero-order chi connectivity index (χ0) is 22.0. The lowest BCUT2D eigenvalue weighted by Crippen LogP contribution is -2.19. The Kier molecular flexibility index (Phi) is 6.39. The molecule has 156 valence electrons. The minimum atomic E-state index is -0.398. The van der Waals surface area contributed by atoms with E-state index >= 15 is 0 Å². The summed E-state index contributed by atoms with van der Waals surface area (Å²) >= 11 is 24.1. The van der Waals surface area contributed by atoms with Gasteiger partial charge in [-0.05, 0) is 66.7 Å². The molecule has 0 bridgehead atoms. The molecule has 3 aromatic carbocycles. The van der Waals surface area contributed by atoms with Gasteiger partial charge in [-0.15, -0.1) is 0 Å². The molecule has 4 aromatic rings. The maximum absolute atomic E-state index is 12.2. The number of benzene rings is 3. The predicted molar refractivity (Wildman–Crippen MR) is 128 cm³/mol. The molecule has 9 heteroatoms. The third-order valence-corrected chi connectivity index (χ3v) is 5.65. The molecule has 2 N–H and O–H groups in total. The van der Waals surface area contributed by atoms with Crippen molar-refractivity contribution in [2.24, 2.45) is 0 Å². The van der Waals surface area contributed by atoms with Gasteiger partial charge in [0, 0.05) is 28.2 Å². The maximum atomic E-state index is 12.2. The highest BCUT2D eigenvalue weighted by Gasteiger charge is 2.09. The van der Waals surface area contributed by atoms with Crippen molar-refractivity contribution in [3.8, 4) is 16.9 Å². The zero-order valence-corrected chi connectivity index (χ0v) is 18.8. The van der Waals surface area contributed by atoms with Crippen LogP contribution in [0, 0.1) is 0 Å². The van der Waals surface area contributed by atoms with E-state index in [0.717, 1.165) is 16.9 Å². The van der Waals surface area contributed by atoms with Crippen LogP contribution in [0.5, 0.6) is 0 Å². The van der Waals surface area contributed by atoms with Crippen molar-refractivity contribution in [3.05, 3.63) is 93.0 Å². The highest BCUT2D eigenvalue weighted by atomic mass is 35.5. The zero-order valence-electron chi connectivity index (χ0n) is 15.7. The average molecular weight is 492 g/mol. The summed E-state index contributed by atoms with van der Waals surface area (Å²) in [6, 6.07) is 18.8. The van der Waals surface area contributed by atoms with Crippen LogP contribution >= 0.6 is 46.4 Å². The number of anilines is 2. The Morgan fingerprint density at radius 3 is 2.16 bits per heavy atom. The van der Waals surface area contributed by atoms with Crippen molar-refractivity contribution < 1.29 is 4.79 Å². The van der Waals surface area contributed by atoms with Crippen molar-refractivity contribution in [2.45, 2.75) is 0 Å². The molecule has 0 fully saturated rings. The summed E-state index contributed by atoms with van der Waals surface area (Å²) in [6.45, 7) is 0. The van der Waals surface area contributed by atoms with Crippen LogP contribution in [0.15, 0.2) is 72.9 Å². The van der Waals surface area contributed by atoms with E-state index in [1.165, 1.54) is 0 Å². The van der Waals surface area contributed by atoms with Gasteiger partial charge in [0.05, 0.1) is 26.4 Å². The number of amides is 2. The van der Waals surface area contributed by atoms with E-state index in [9.17, 15) is 4.79 Å². The first-order valence-corrected chi connectivity index (χ1v) is 10.5. The molecule has 0 unspecified atom stereocenters. The summed E-state index contributed by atoms with van der Waals surface area (Å²) < 4.78 is 1.72. The molecule has 0 atom stereocenters. The number of hydrogen-bond donors (Lipinski definition) is 2. The van der Waals surface area contributed by atoms with Gasteiger partial charge < -0.3 is 10.6 Å². The van der Waals surface area contributed by atoms with E-state index in [-0.39, 0.29) is 0 Å². The number of halogens is 4. The third-order valence-electron chi connectivity index (χ3n) is 4.36. The largest absolute Gasteiger partial charge is 0.323 e. The smallest absolute Gasteiger partial charge is 0.308 e. The van der Waals surface area contributed by atoms with Crippen molar-refractivity contribution in [2.75, 3.05) is 10.6 Å². The topological polar surface area (TPSA) is 59.0 Å². The fraction of sp³-hybridized carbons (Fsp3) is 0. The lowest BCUT2D eigenvalue weighted by molar-refractivity contribution is 0.262. The molecule has 0 spiro atoms. The van der Waals surface area contributed by atoms with Crippen LogP contribution in [0.2, 0.25) is 20.1 Å². The monoisotopic (exact) mass is 490 g/mol. The molecule has 2 amide bonds. The minimum Gasteiger partial charge on any atom is -0.308 e. The van der Waals surface area contributed by atoms with E-state index in [1.807, 2.05) is 30.5 Å². The minimum absolute atomic E-state index is 0.363. The summed E-state index contributed by atoms with van der Waals surface area (Å²) in [5.74, 6) is 0. The van der Waals surface area contributed by atoms with Crippen molar-refractivity contribution >= 4 is 63.8 Å². The van der Waals surface area contributed by atoms with Crippen LogP contribution in [0.4, 0.5) is 16.2 Å². The summed E-state index contributed by atoms with van der Waals surface area (Å²) in [7, 11) is 0. The number of carbonyl (C=O) groups is 1. The molecule has 5 nitrogen and oxygen atoms in total. The van der Waals surface area contributed by atoms with Gasteiger partial charge in [0.15, 0.2) is 0 Å². The molecule has 1 aromatic heterocycles. The Labute approximate surface area is 198 Å². The van der Waals surface area contributed by atoms with Gasteiger partial charge in [0.1, 0.15) is 0 Å². The Morgan fingerprint density at radius 2 is 1.45 bits per heavy atom. The number of carbonyl (C=O) groups excluding carboxylic acids is 1. The SMILES string of the molecule is O=C(Nc1ccc(-n2ccc(-c3ccc(Cl)cc3Cl)n2)cc1)Nc1ccc(Cl)c(Cl)c1. The Morgan fingerprint density at radius 1 is 0.742 bits per heavy atom. The molecule has 31 heavy (non-hydrogen) atoms. The van der Waals surface area contributed by atoms with E-state index in [4.69, 9.17) is 46.4 Å². The van der Waals surface area contributed by atoms with Gasteiger partial charge in [0.2, 0.25) is 0 Å². The summed E-state index contributed by atoms with van der Waals surface area (Å²) in [5, 5.41) is 11.9. The van der Waals surface area contributed by atoms with Gasteiger partial charge in [-0.2, -0.15) is 5.10 Å². The van der Waals surface area contributed by atoms with Crippen LogP contribution in [0.25, 0.3) is 16.9 Å². The molecular weight excluding hydrogens is 478 g/mol. The first-order valence-electron chi connectivity index (χ1n) is 9.03. The van der Waals surface area contributed by atoms with Crippen LogP contribution in [-0.2, 0) is 0 Å². The molecule has 4 rings (SSSR count). The van der Waals surface area contributed by atoms with Crippen LogP contribution in [-0.4, -0.2) is 15.8 Å². The fourth-order valence-electron chi connectivity index (χ4n) is 2.87. The highest BCUT2D eigenvalue weighted by Crippen LogP contribution is 2.29. The lowest BCUT2D eigenvalue weighted by Gasteiger charge is -2.09. The Balaban J connectivity index is 1.44. The van der Waals surface area contributed by atoms with E-state index in [1.54, 1.807) is 47.1 Å². The molecule has 0 saturated heterocycles. The summed E-state index contributed by atoms with van der Waals surface area (Å²) in [5.41, 5.74) is 3.50. The third kappa shape index (κ3) is 5.14. The summed E-state index contributed by atoms with van der Waals surface area (Å²) in [4.78, 5) is 12.2. The number of urea groups is 1. The number of nitrogens with zero attached hydrogens (tertiary/aromatic N) is 2. The normalized spacial score (nSPS) is 10.7. The average Bonchev–Trinajstić information content (AvgIpc) is 3.21. The molecular formula is C22H14Cl4N4O. The molecule has 0 aliphatic carbocycles. The first-order chi connectivity index (χ1) is 14.9. The van der Waals surface area contributed by atoms with Gasteiger partial charge >= 0.3 is 6.03 Å². The number of nitrogens with one attached hydrogen (secondary N) is 2. The van der Waals surface area contributed by atoms with Crippen molar-refractivity contribution in [1.29, 1.82) is 0 Å². The number of aromatic nitrogens is 2. The Hall–Kier alpha value is -2.70. The number of rotatable bonds is 4.